The zero-order valence-electron chi connectivity index (χ0n) is 9.77. The minimum absolute atomic E-state index is 0.0180. The van der Waals surface area contributed by atoms with Crippen LogP contribution in [-0.4, -0.2) is 11.1 Å². The molecule has 3 nitrogen and oxygen atoms in total. The van der Waals surface area contributed by atoms with Crippen LogP contribution in [0.25, 0.3) is 0 Å². The number of para-hydroxylation sites is 1. The van der Waals surface area contributed by atoms with Crippen LogP contribution < -0.4 is 5.32 Å². The minimum Gasteiger partial charge on any atom is -0.478 e. The monoisotopic (exact) mass is 245 g/mol. The summed E-state index contributed by atoms with van der Waals surface area (Å²) in [6.07, 6.45) is 0. The number of aromatic carboxylic acids is 1. The van der Waals surface area contributed by atoms with Crippen LogP contribution in [0.3, 0.4) is 0 Å². The van der Waals surface area contributed by atoms with E-state index < -0.39 is 11.8 Å². The molecule has 0 aliphatic heterocycles. The molecule has 0 spiro atoms. The second-order valence-corrected chi connectivity index (χ2v) is 3.96. The fourth-order valence-corrected chi connectivity index (χ4v) is 1.70. The standard InChI is InChI=1S/C14H12FNO2/c1-9-4-2-5-10(8-9)16-13-11(14(17)18)6-3-7-12(13)15/h2-8,16H,1H3,(H,17,18). The van der Waals surface area contributed by atoms with Gasteiger partial charge in [0, 0.05) is 5.69 Å². The third-order valence-corrected chi connectivity index (χ3v) is 2.53. The average Bonchev–Trinajstić information content (AvgIpc) is 2.31. The summed E-state index contributed by atoms with van der Waals surface area (Å²) in [5.41, 5.74) is 1.56. The number of carboxylic acids is 1. The van der Waals surface area contributed by atoms with E-state index in [1.54, 1.807) is 6.07 Å². The van der Waals surface area contributed by atoms with Crippen LogP contribution >= 0.6 is 0 Å². The largest absolute Gasteiger partial charge is 0.478 e. The fourth-order valence-electron chi connectivity index (χ4n) is 1.70. The van der Waals surface area contributed by atoms with Crippen molar-refractivity contribution in [1.82, 2.24) is 0 Å². The second-order valence-electron chi connectivity index (χ2n) is 3.96. The molecular formula is C14H12FNO2. The highest BCUT2D eigenvalue weighted by Gasteiger charge is 2.14. The zero-order valence-corrected chi connectivity index (χ0v) is 9.77. The van der Waals surface area contributed by atoms with Crippen molar-refractivity contribution in [3.63, 3.8) is 0 Å². The van der Waals surface area contributed by atoms with Crippen LogP contribution in [0.2, 0.25) is 0 Å². The molecule has 0 fully saturated rings. The first-order valence-electron chi connectivity index (χ1n) is 5.43. The fraction of sp³-hybridized carbons (Fsp3) is 0.0714. The first kappa shape index (κ1) is 12.1. The van der Waals surface area contributed by atoms with E-state index in [1.165, 1.54) is 18.2 Å². The van der Waals surface area contributed by atoms with E-state index >= 15 is 0 Å². The molecular weight excluding hydrogens is 233 g/mol. The molecule has 2 aromatic carbocycles. The van der Waals surface area contributed by atoms with E-state index in [1.807, 2.05) is 25.1 Å². The normalized spacial score (nSPS) is 10.1. The van der Waals surface area contributed by atoms with E-state index in [2.05, 4.69) is 5.32 Å². The van der Waals surface area contributed by atoms with Crippen LogP contribution in [0.1, 0.15) is 15.9 Å². The van der Waals surface area contributed by atoms with Crippen molar-refractivity contribution in [3.8, 4) is 0 Å². The molecule has 0 saturated heterocycles. The number of rotatable bonds is 3. The van der Waals surface area contributed by atoms with Crippen molar-refractivity contribution in [2.45, 2.75) is 6.92 Å². The molecule has 0 unspecified atom stereocenters. The Morgan fingerprint density at radius 3 is 2.61 bits per heavy atom. The quantitative estimate of drug-likeness (QED) is 0.869. The molecule has 2 aromatic rings. The average molecular weight is 245 g/mol. The molecule has 2 N–H and O–H groups in total. The molecule has 0 atom stereocenters. The molecule has 0 aliphatic rings. The van der Waals surface area contributed by atoms with Crippen LogP contribution in [0, 0.1) is 12.7 Å². The maximum absolute atomic E-state index is 13.7. The summed E-state index contributed by atoms with van der Waals surface area (Å²) in [7, 11) is 0. The Kier molecular flexibility index (Phi) is 3.28. The van der Waals surface area contributed by atoms with Crippen LogP contribution in [0.15, 0.2) is 42.5 Å². The van der Waals surface area contributed by atoms with Gasteiger partial charge in [0.1, 0.15) is 5.82 Å². The predicted molar refractivity (Wildman–Crippen MR) is 67.8 cm³/mol. The number of hydrogen-bond acceptors (Lipinski definition) is 2. The summed E-state index contributed by atoms with van der Waals surface area (Å²) < 4.78 is 13.7. The lowest BCUT2D eigenvalue weighted by Crippen LogP contribution is -2.04. The molecule has 0 bridgehead atoms. The lowest BCUT2D eigenvalue weighted by atomic mass is 10.1. The Morgan fingerprint density at radius 1 is 1.22 bits per heavy atom. The van der Waals surface area contributed by atoms with Crippen molar-refractivity contribution in [3.05, 3.63) is 59.4 Å². The maximum Gasteiger partial charge on any atom is 0.337 e. The van der Waals surface area contributed by atoms with E-state index in [0.29, 0.717) is 5.69 Å². The molecule has 2 rings (SSSR count). The molecule has 0 heterocycles. The number of carbonyl (C=O) groups is 1. The Hall–Kier alpha value is -2.36. The number of anilines is 2. The topological polar surface area (TPSA) is 49.3 Å². The number of hydrogen-bond donors (Lipinski definition) is 2. The van der Waals surface area contributed by atoms with Gasteiger partial charge in [-0.2, -0.15) is 0 Å². The van der Waals surface area contributed by atoms with Gasteiger partial charge in [0.15, 0.2) is 0 Å². The number of carboxylic acid groups (broad SMARTS) is 1. The van der Waals surface area contributed by atoms with Crippen LogP contribution in [0.4, 0.5) is 15.8 Å². The first-order chi connectivity index (χ1) is 8.58. The van der Waals surface area contributed by atoms with E-state index in [9.17, 15) is 9.18 Å². The van der Waals surface area contributed by atoms with Gasteiger partial charge in [0.25, 0.3) is 0 Å². The number of benzene rings is 2. The molecule has 0 amide bonds. The first-order valence-corrected chi connectivity index (χ1v) is 5.43. The van der Waals surface area contributed by atoms with Gasteiger partial charge in [-0.1, -0.05) is 18.2 Å². The summed E-state index contributed by atoms with van der Waals surface area (Å²) in [5.74, 6) is -1.75. The number of aryl methyl sites for hydroxylation is 1. The lowest BCUT2D eigenvalue weighted by Gasteiger charge is -2.11. The summed E-state index contributed by atoms with van der Waals surface area (Å²) in [5, 5.41) is 11.8. The van der Waals surface area contributed by atoms with Crippen molar-refractivity contribution < 1.29 is 14.3 Å². The van der Waals surface area contributed by atoms with Gasteiger partial charge in [-0.15, -0.1) is 0 Å². The third kappa shape index (κ3) is 2.48. The van der Waals surface area contributed by atoms with Gasteiger partial charge in [0.2, 0.25) is 0 Å². The van der Waals surface area contributed by atoms with Crippen molar-refractivity contribution in [1.29, 1.82) is 0 Å². The Balaban J connectivity index is 2.42. The molecule has 0 aromatic heterocycles. The number of halogens is 1. The molecule has 0 aliphatic carbocycles. The molecule has 18 heavy (non-hydrogen) atoms. The highest BCUT2D eigenvalue weighted by molar-refractivity contribution is 5.95. The number of nitrogens with one attached hydrogen (secondary N) is 1. The molecule has 4 heteroatoms. The van der Waals surface area contributed by atoms with E-state index in [4.69, 9.17) is 5.11 Å². The maximum atomic E-state index is 13.7. The molecule has 92 valence electrons. The Morgan fingerprint density at radius 2 is 1.94 bits per heavy atom. The van der Waals surface area contributed by atoms with Crippen LogP contribution in [0.5, 0.6) is 0 Å². The van der Waals surface area contributed by atoms with Gasteiger partial charge in [0.05, 0.1) is 11.3 Å². The summed E-state index contributed by atoms with van der Waals surface area (Å²) in [4.78, 5) is 11.0. The SMILES string of the molecule is Cc1cccc(Nc2c(F)cccc2C(=O)O)c1. The van der Waals surface area contributed by atoms with E-state index in [0.717, 1.165) is 5.56 Å². The Bertz CT molecular complexity index is 596. The van der Waals surface area contributed by atoms with Gasteiger partial charge >= 0.3 is 5.97 Å². The lowest BCUT2D eigenvalue weighted by molar-refractivity contribution is 0.0697. The van der Waals surface area contributed by atoms with Gasteiger partial charge in [-0.25, -0.2) is 9.18 Å². The summed E-state index contributed by atoms with van der Waals surface area (Å²) in [6, 6.07) is 11.3. The third-order valence-electron chi connectivity index (χ3n) is 2.53. The van der Waals surface area contributed by atoms with Gasteiger partial charge in [-0.3, -0.25) is 0 Å². The summed E-state index contributed by atoms with van der Waals surface area (Å²) in [6.45, 7) is 1.91. The predicted octanol–water partition coefficient (Wildman–Crippen LogP) is 3.58. The highest BCUT2D eigenvalue weighted by atomic mass is 19.1. The minimum atomic E-state index is -1.16. The summed E-state index contributed by atoms with van der Waals surface area (Å²) >= 11 is 0. The zero-order chi connectivity index (χ0) is 13.1. The van der Waals surface area contributed by atoms with E-state index in [-0.39, 0.29) is 11.3 Å². The van der Waals surface area contributed by atoms with Gasteiger partial charge < -0.3 is 10.4 Å². The van der Waals surface area contributed by atoms with Crippen LogP contribution in [-0.2, 0) is 0 Å². The Labute approximate surface area is 104 Å². The highest BCUT2D eigenvalue weighted by Crippen LogP contribution is 2.24. The van der Waals surface area contributed by atoms with Crippen molar-refractivity contribution >= 4 is 17.3 Å². The van der Waals surface area contributed by atoms with Gasteiger partial charge in [-0.05, 0) is 36.8 Å². The molecule has 0 radical (unpaired) electrons. The smallest absolute Gasteiger partial charge is 0.337 e. The molecule has 0 saturated carbocycles. The second kappa shape index (κ2) is 4.87. The van der Waals surface area contributed by atoms with Crippen molar-refractivity contribution in [2.75, 3.05) is 5.32 Å². The van der Waals surface area contributed by atoms with Crippen molar-refractivity contribution in [2.24, 2.45) is 0 Å².